The molecule has 4 aromatic rings. The van der Waals surface area contributed by atoms with Crippen LogP contribution >= 0.6 is 11.6 Å². The smallest absolute Gasteiger partial charge is 0.256 e. The van der Waals surface area contributed by atoms with Crippen LogP contribution in [-0.2, 0) is 11.3 Å². The van der Waals surface area contributed by atoms with Crippen molar-refractivity contribution < 1.29 is 9.59 Å². The van der Waals surface area contributed by atoms with E-state index >= 15 is 0 Å². The van der Waals surface area contributed by atoms with Crippen molar-refractivity contribution in [3.8, 4) is 0 Å². The van der Waals surface area contributed by atoms with Gasteiger partial charge in [0.2, 0.25) is 5.91 Å². The minimum atomic E-state index is -0.652. The first-order chi connectivity index (χ1) is 18.0. The van der Waals surface area contributed by atoms with Crippen molar-refractivity contribution in [2.75, 3.05) is 24.7 Å². The second-order valence-corrected chi connectivity index (χ2v) is 10.4. The zero-order chi connectivity index (χ0) is 25.6. The summed E-state index contributed by atoms with van der Waals surface area (Å²) in [4.78, 5) is 31.1. The highest BCUT2D eigenvalue weighted by Gasteiger charge is 2.51. The Kier molecular flexibility index (Phi) is 5.92. The largest absolute Gasteiger partial charge is 0.340 e. The predicted molar refractivity (Wildman–Crippen MR) is 147 cm³/mol. The van der Waals surface area contributed by atoms with Crippen molar-refractivity contribution in [2.45, 2.75) is 31.8 Å². The van der Waals surface area contributed by atoms with E-state index in [9.17, 15) is 9.59 Å². The lowest BCUT2D eigenvalue weighted by molar-refractivity contribution is -0.124. The van der Waals surface area contributed by atoms with Crippen molar-refractivity contribution >= 4 is 40.0 Å². The molecule has 37 heavy (non-hydrogen) atoms. The molecule has 0 saturated carbocycles. The third-order valence-electron chi connectivity index (χ3n) is 7.98. The standard InChI is InChI=1S/C30H29ClN4O2/c1-21-27(25-9-5-6-10-26(25)34(21)19-22-7-3-2-4-8-22)28(36)33-17-15-30(16-18-33)29(37)32-20-35(30)24-13-11-23(31)12-14-24/h2-14H,15-20H2,1H3,(H,32,37). The van der Waals surface area contributed by atoms with Gasteiger partial charge in [-0.25, -0.2) is 0 Å². The monoisotopic (exact) mass is 512 g/mol. The lowest BCUT2D eigenvalue weighted by Gasteiger charge is -2.43. The van der Waals surface area contributed by atoms with E-state index in [2.05, 4.69) is 33.0 Å². The molecule has 1 spiro atoms. The lowest BCUT2D eigenvalue weighted by atomic mass is 9.85. The number of likely N-dealkylation sites (tertiary alicyclic amines) is 1. The van der Waals surface area contributed by atoms with Gasteiger partial charge in [-0.3, -0.25) is 9.59 Å². The normalized spacial score (nSPS) is 17.0. The number of para-hydroxylation sites is 1. The van der Waals surface area contributed by atoms with E-state index in [1.807, 2.05) is 72.5 Å². The number of benzene rings is 3. The van der Waals surface area contributed by atoms with Crippen LogP contribution in [0.2, 0.25) is 5.02 Å². The average Bonchev–Trinajstić information content (AvgIpc) is 3.38. The average molecular weight is 513 g/mol. The summed E-state index contributed by atoms with van der Waals surface area (Å²) in [6.07, 6.45) is 1.16. The van der Waals surface area contributed by atoms with Crippen LogP contribution in [0.4, 0.5) is 5.69 Å². The number of amides is 2. The van der Waals surface area contributed by atoms with E-state index in [-0.39, 0.29) is 11.8 Å². The first-order valence-electron chi connectivity index (χ1n) is 12.7. The molecule has 1 aromatic heterocycles. The first kappa shape index (κ1) is 23.6. The highest BCUT2D eigenvalue weighted by molar-refractivity contribution is 6.30. The van der Waals surface area contributed by atoms with Crippen LogP contribution < -0.4 is 10.2 Å². The van der Waals surface area contributed by atoms with Gasteiger partial charge in [0, 0.05) is 46.9 Å². The van der Waals surface area contributed by atoms with Gasteiger partial charge in [0.25, 0.3) is 5.91 Å². The van der Waals surface area contributed by atoms with Crippen LogP contribution in [0.15, 0.2) is 78.9 Å². The molecule has 188 valence electrons. The van der Waals surface area contributed by atoms with Crippen molar-refractivity contribution in [1.82, 2.24) is 14.8 Å². The van der Waals surface area contributed by atoms with Crippen molar-refractivity contribution in [3.05, 3.63) is 101 Å². The summed E-state index contributed by atoms with van der Waals surface area (Å²) in [5.74, 6) is 0.0667. The Balaban J connectivity index is 1.28. The summed E-state index contributed by atoms with van der Waals surface area (Å²) in [5, 5.41) is 4.67. The molecule has 1 N–H and O–H groups in total. The third kappa shape index (κ3) is 3.96. The van der Waals surface area contributed by atoms with Gasteiger partial charge in [0.05, 0.1) is 12.2 Å². The van der Waals surface area contributed by atoms with E-state index in [4.69, 9.17) is 11.6 Å². The maximum absolute atomic E-state index is 14.0. The van der Waals surface area contributed by atoms with E-state index in [1.54, 1.807) is 0 Å². The second-order valence-electron chi connectivity index (χ2n) is 9.94. The summed E-state index contributed by atoms with van der Waals surface area (Å²) in [6, 6.07) is 26.0. The zero-order valence-corrected chi connectivity index (χ0v) is 21.5. The fourth-order valence-corrected chi connectivity index (χ4v) is 6.08. The Morgan fingerprint density at radius 2 is 1.62 bits per heavy atom. The molecule has 6 rings (SSSR count). The number of anilines is 1. The molecule has 2 fully saturated rings. The SMILES string of the molecule is Cc1c(C(=O)N2CCC3(CC2)C(=O)NCN3c2ccc(Cl)cc2)c2ccccc2n1Cc1ccccc1. The Morgan fingerprint density at radius 3 is 2.35 bits per heavy atom. The molecule has 0 atom stereocenters. The fraction of sp³-hybridized carbons (Fsp3) is 0.267. The number of aromatic nitrogens is 1. The lowest BCUT2D eigenvalue weighted by Crippen LogP contribution is -2.57. The fourth-order valence-electron chi connectivity index (χ4n) is 5.95. The minimum absolute atomic E-state index is 0.0326. The molecule has 2 saturated heterocycles. The van der Waals surface area contributed by atoms with Crippen LogP contribution in [-0.4, -0.2) is 46.6 Å². The molecular weight excluding hydrogens is 484 g/mol. The number of rotatable bonds is 4. The van der Waals surface area contributed by atoms with Crippen molar-refractivity contribution in [3.63, 3.8) is 0 Å². The number of hydrogen-bond donors (Lipinski definition) is 1. The van der Waals surface area contributed by atoms with Gasteiger partial charge >= 0.3 is 0 Å². The molecule has 2 aliphatic heterocycles. The topological polar surface area (TPSA) is 57.6 Å². The zero-order valence-electron chi connectivity index (χ0n) is 20.8. The predicted octanol–water partition coefficient (Wildman–Crippen LogP) is 5.22. The molecular formula is C30H29ClN4O2. The highest BCUT2D eigenvalue weighted by Crippen LogP contribution is 2.38. The summed E-state index contributed by atoms with van der Waals surface area (Å²) in [7, 11) is 0. The number of nitrogens with one attached hydrogen (secondary N) is 1. The Hall–Kier alpha value is -3.77. The molecule has 0 unspecified atom stereocenters. The van der Waals surface area contributed by atoms with Crippen molar-refractivity contribution in [1.29, 1.82) is 0 Å². The number of carbonyl (C=O) groups excluding carboxylic acids is 2. The van der Waals surface area contributed by atoms with Gasteiger partial charge < -0.3 is 19.7 Å². The molecule has 3 aromatic carbocycles. The van der Waals surface area contributed by atoms with Crippen LogP contribution in [0.3, 0.4) is 0 Å². The number of nitrogens with zero attached hydrogens (tertiary/aromatic N) is 3. The van der Waals surface area contributed by atoms with E-state index in [1.165, 1.54) is 5.56 Å². The van der Waals surface area contributed by atoms with Crippen LogP contribution in [0.5, 0.6) is 0 Å². The molecule has 7 heteroatoms. The number of halogens is 1. The molecule has 0 radical (unpaired) electrons. The van der Waals surface area contributed by atoms with Crippen LogP contribution in [0.25, 0.3) is 10.9 Å². The molecule has 0 bridgehead atoms. The Labute approximate surface area is 221 Å². The molecule has 3 heterocycles. The summed E-state index contributed by atoms with van der Waals surface area (Å²) < 4.78 is 2.23. The van der Waals surface area contributed by atoms with Gasteiger partial charge in [-0.1, -0.05) is 60.1 Å². The van der Waals surface area contributed by atoms with Gasteiger partial charge in [-0.05, 0) is 55.7 Å². The number of fused-ring (bicyclic) bond motifs is 1. The van der Waals surface area contributed by atoms with Crippen LogP contribution in [0.1, 0.15) is 34.5 Å². The van der Waals surface area contributed by atoms with E-state index < -0.39 is 5.54 Å². The van der Waals surface area contributed by atoms with Gasteiger partial charge in [-0.2, -0.15) is 0 Å². The van der Waals surface area contributed by atoms with Gasteiger partial charge in [-0.15, -0.1) is 0 Å². The molecule has 2 amide bonds. The highest BCUT2D eigenvalue weighted by atomic mass is 35.5. The van der Waals surface area contributed by atoms with E-state index in [0.717, 1.165) is 27.8 Å². The minimum Gasteiger partial charge on any atom is -0.340 e. The summed E-state index contributed by atoms with van der Waals surface area (Å²) in [6.45, 7) is 4.25. The number of hydrogen-bond acceptors (Lipinski definition) is 3. The molecule has 6 nitrogen and oxygen atoms in total. The third-order valence-corrected chi connectivity index (χ3v) is 8.23. The number of piperidine rings is 1. The Morgan fingerprint density at radius 1 is 0.946 bits per heavy atom. The first-order valence-corrected chi connectivity index (χ1v) is 13.1. The molecule has 2 aliphatic rings. The van der Waals surface area contributed by atoms with E-state index in [0.29, 0.717) is 44.2 Å². The van der Waals surface area contributed by atoms with Crippen LogP contribution in [0, 0.1) is 6.92 Å². The number of carbonyl (C=O) groups is 2. The second kappa shape index (κ2) is 9.27. The van der Waals surface area contributed by atoms with Gasteiger partial charge in [0.15, 0.2) is 0 Å². The maximum Gasteiger partial charge on any atom is 0.256 e. The summed E-state index contributed by atoms with van der Waals surface area (Å²) in [5.41, 5.74) is 4.29. The molecule has 0 aliphatic carbocycles. The quantitative estimate of drug-likeness (QED) is 0.408. The maximum atomic E-state index is 14.0. The summed E-state index contributed by atoms with van der Waals surface area (Å²) >= 11 is 6.09. The van der Waals surface area contributed by atoms with Gasteiger partial charge in [0.1, 0.15) is 5.54 Å². The van der Waals surface area contributed by atoms with Crippen molar-refractivity contribution in [2.24, 2.45) is 0 Å². The Bertz CT molecular complexity index is 1470.